The van der Waals surface area contributed by atoms with Gasteiger partial charge in [0.15, 0.2) is 0 Å². The molecule has 20 heavy (non-hydrogen) atoms. The van der Waals surface area contributed by atoms with E-state index >= 15 is 0 Å². The van der Waals surface area contributed by atoms with Crippen LogP contribution in [0.3, 0.4) is 0 Å². The van der Waals surface area contributed by atoms with Gasteiger partial charge < -0.3 is 15.4 Å². The third kappa shape index (κ3) is 4.22. The van der Waals surface area contributed by atoms with Crippen LogP contribution < -0.4 is 10.5 Å². The second-order valence-corrected chi connectivity index (χ2v) is 6.27. The maximum Gasteiger partial charge on any atom is 0.119 e. The summed E-state index contributed by atoms with van der Waals surface area (Å²) in [6.07, 6.45) is 1.34. The Morgan fingerprint density at radius 2 is 1.80 bits per heavy atom. The minimum atomic E-state index is 0.0863. The average molecular weight is 276 g/mol. The fourth-order valence-corrected chi connectivity index (χ4v) is 3.30. The van der Waals surface area contributed by atoms with Crippen molar-refractivity contribution in [2.45, 2.75) is 33.2 Å². The van der Waals surface area contributed by atoms with Gasteiger partial charge in [0.25, 0.3) is 0 Å². The smallest absolute Gasteiger partial charge is 0.119 e. The molecule has 0 amide bonds. The summed E-state index contributed by atoms with van der Waals surface area (Å²) in [6, 6.07) is 8.29. The standard InChI is InChI=1S/C17H28N2O/c1-4-20-16-7-5-15(6-8-16)17(18)12-19-10-13(2)9-14(3)11-19/h5-8,13-14,17H,4,9-12,18H2,1-3H3. The van der Waals surface area contributed by atoms with Gasteiger partial charge in [-0.2, -0.15) is 0 Å². The van der Waals surface area contributed by atoms with Crippen LogP contribution in [0.15, 0.2) is 24.3 Å². The Kier molecular flexibility index (Phi) is 5.44. The molecule has 112 valence electrons. The van der Waals surface area contributed by atoms with Gasteiger partial charge in [-0.25, -0.2) is 0 Å². The number of piperidine rings is 1. The predicted molar refractivity (Wildman–Crippen MR) is 83.9 cm³/mol. The van der Waals surface area contributed by atoms with E-state index in [-0.39, 0.29) is 6.04 Å². The lowest BCUT2D eigenvalue weighted by Crippen LogP contribution is -2.42. The molecule has 1 aromatic rings. The first-order valence-corrected chi connectivity index (χ1v) is 7.79. The van der Waals surface area contributed by atoms with E-state index < -0.39 is 0 Å². The monoisotopic (exact) mass is 276 g/mol. The lowest BCUT2D eigenvalue weighted by molar-refractivity contribution is 0.134. The van der Waals surface area contributed by atoms with Crippen LogP contribution >= 0.6 is 0 Å². The van der Waals surface area contributed by atoms with Gasteiger partial charge in [-0.1, -0.05) is 26.0 Å². The summed E-state index contributed by atoms with van der Waals surface area (Å²) in [5, 5.41) is 0. The quantitative estimate of drug-likeness (QED) is 0.898. The van der Waals surface area contributed by atoms with E-state index in [0.717, 1.165) is 24.1 Å². The maximum atomic E-state index is 6.36. The van der Waals surface area contributed by atoms with Crippen molar-refractivity contribution in [1.82, 2.24) is 4.90 Å². The van der Waals surface area contributed by atoms with E-state index in [1.807, 2.05) is 19.1 Å². The second kappa shape index (κ2) is 7.09. The van der Waals surface area contributed by atoms with E-state index in [9.17, 15) is 0 Å². The number of nitrogens with zero attached hydrogens (tertiary/aromatic N) is 1. The van der Waals surface area contributed by atoms with E-state index in [4.69, 9.17) is 10.5 Å². The summed E-state index contributed by atoms with van der Waals surface area (Å²) in [4.78, 5) is 2.51. The average Bonchev–Trinajstić information content (AvgIpc) is 2.38. The van der Waals surface area contributed by atoms with Crippen molar-refractivity contribution >= 4 is 0 Å². The number of benzene rings is 1. The van der Waals surface area contributed by atoms with Crippen molar-refractivity contribution in [3.05, 3.63) is 29.8 Å². The first kappa shape index (κ1) is 15.3. The van der Waals surface area contributed by atoms with Gasteiger partial charge in [0, 0.05) is 25.7 Å². The highest BCUT2D eigenvalue weighted by molar-refractivity contribution is 5.29. The number of nitrogens with two attached hydrogens (primary N) is 1. The van der Waals surface area contributed by atoms with Crippen molar-refractivity contribution in [1.29, 1.82) is 0 Å². The molecule has 0 saturated carbocycles. The van der Waals surface area contributed by atoms with Crippen molar-refractivity contribution in [2.75, 3.05) is 26.2 Å². The fraction of sp³-hybridized carbons (Fsp3) is 0.647. The number of hydrogen-bond acceptors (Lipinski definition) is 3. The summed E-state index contributed by atoms with van der Waals surface area (Å²) in [5.41, 5.74) is 7.55. The normalized spacial score (nSPS) is 25.4. The Morgan fingerprint density at radius 3 is 2.35 bits per heavy atom. The highest BCUT2D eigenvalue weighted by Crippen LogP contribution is 2.23. The van der Waals surface area contributed by atoms with Crippen LogP contribution in [-0.2, 0) is 0 Å². The van der Waals surface area contributed by atoms with Crippen LogP contribution in [0.4, 0.5) is 0 Å². The fourth-order valence-electron chi connectivity index (χ4n) is 3.30. The number of ether oxygens (including phenoxy) is 1. The van der Waals surface area contributed by atoms with Gasteiger partial charge in [-0.3, -0.25) is 0 Å². The third-order valence-electron chi connectivity index (χ3n) is 4.02. The van der Waals surface area contributed by atoms with E-state index in [2.05, 4.69) is 30.9 Å². The molecule has 2 N–H and O–H groups in total. The number of likely N-dealkylation sites (tertiary alicyclic amines) is 1. The van der Waals surface area contributed by atoms with Crippen molar-refractivity contribution in [2.24, 2.45) is 17.6 Å². The Morgan fingerprint density at radius 1 is 1.20 bits per heavy atom. The minimum Gasteiger partial charge on any atom is -0.494 e. The minimum absolute atomic E-state index is 0.0863. The molecule has 0 aliphatic carbocycles. The molecule has 0 radical (unpaired) electrons. The first-order chi connectivity index (χ1) is 9.58. The zero-order valence-corrected chi connectivity index (χ0v) is 13.0. The largest absolute Gasteiger partial charge is 0.494 e. The molecule has 3 unspecified atom stereocenters. The van der Waals surface area contributed by atoms with Gasteiger partial charge in [0.2, 0.25) is 0 Å². The number of rotatable bonds is 5. The molecule has 1 saturated heterocycles. The molecular weight excluding hydrogens is 248 g/mol. The van der Waals surface area contributed by atoms with Crippen LogP contribution in [-0.4, -0.2) is 31.1 Å². The van der Waals surface area contributed by atoms with E-state index in [1.54, 1.807) is 0 Å². The molecule has 2 rings (SSSR count). The Hall–Kier alpha value is -1.06. The maximum absolute atomic E-state index is 6.36. The summed E-state index contributed by atoms with van der Waals surface area (Å²) in [6.45, 7) is 10.7. The molecule has 0 spiro atoms. The first-order valence-electron chi connectivity index (χ1n) is 7.79. The molecule has 1 aliphatic heterocycles. The summed E-state index contributed by atoms with van der Waals surface area (Å²) >= 11 is 0. The Bertz CT molecular complexity index is 394. The zero-order valence-electron chi connectivity index (χ0n) is 13.0. The van der Waals surface area contributed by atoms with E-state index in [0.29, 0.717) is 6.61 Å². The van der Waals surface area contributed by atoms with Crippen LogP contribution in [0.1, 0.15) is 38.8 Å². The van der Waals surface area contributed by atoms with Gasteiger partial charge in [-0.15, -0.1) is 0 Å². The molecule has 3 heteroatoms. The van der Waals surface area contributed by atoms with Gasteiger partial charge in [0.1, 0.15) is 5.75 Å². The number of hydrogen-bond donors (Lipinski definition) is 1. The summed E-state index contributed by atoms with van der Waals surface area (Å²) < 4.78 is 5.47. The SMILES string of the molecule is CCOc1ccc(C(N)CN2CC(C)CC(C)C2)cc1. The Balaban J connectivity index is 1.92. The molecule has 1 heterocycles. The predicted octanol–water partition coefficient (Wildman–Crippen LogP) is 3.06. The van der Waals surface area contributed by atoms with Crippen molar-refractivity contribution < 1.29 is 4.74 Å². The summed E-state index contributed by atoms with van der Waals surface area (Å²) in [5.74, 6) is 2.49. The zero-order chi connectivity index (χ0) is 14.5. The van der Waals surface area contributed by atoms with Crippen LogP contribution in [0.25, 0.3) is 0 Å². The highest BCUT2D eigenvalue weighted by atomic mass is 16.5. The highest BCUT2D eigenvalue weighted by Gasteiger charge is 2.23. The lowest BCUT2D eigenvalue weighted by Gasteiger charge is -2.36. The molecule has 3 nitrogen and oxygen atoms in total. The van der Waals surface area contributed by atoms with Gasteiger partial charge >= 0.3 is 0 Å². The van der Waals surface area contributed by atoms with Crippen LogP contribution in [0.2, 0.25) is 0 Å². The lowest BCUT2D eigenvalue weighted by atomic mass is 9.91. The molecule has 1 fully saturated rings. The van der Waals surface area contributed by atoms with Gasteiger partial charge in [-0.05, 0) is 42.9 Å². The molecular formula is C17H28N2O. The third-order valence-corrected chi connectivity index (χ3v) is 4.02. The molecule has 0 aromatic heterocycles. The molecule has 1 aliphatic rings. The van der Waals surface area contributed by atoms with Gasteiger partial charge in [0.05, 0.1) is 6.61 Å². The van der Waals surface area contributed by atoms with Crippen molar-refractivity contribution in [3.8, 4) is 5.75 Å². The second-order valence-electron chi connectivity index (χ2n) is 6.27. The molecule has 1 aromatic carbocycles. The molecule has 0 bridgehead atoms. The molecule has 3 atom stereocenters. The Labute approximate surface area is 123 Å². The van der Waals surface area contributed by atoms with Crippen LogP contribution in [0, 0.1) is 11.8 Å². The van der Waals surface area contributed by atoms with Crippen LogP contribution in [0.5, 0.6) is 5.75 Å². The topological polar surface area (TPSA) is 38.5 Å². The van der Waals surface area contributed by atoms with Crippen molar-refractivity contribution in [3.63, 3.8) is 0 Å². The summed E-state index contributed by atoms with van der Waals surface area (Å²) in [7, 11) is 0. The van der Waals surface area contributed by atoms with E-state index in [1.165, 1.54) is 25.1 Å².